The van der Waals surface area contributed by atoms with E-state index in [9.17, 15) is 19.8 Å². The quantitative estimate of drug-likeness (QED) is 0.419. The van der Waals surface area contributed by atoms with Crippen molar-refractivity contribution in [3.63, 3.8) is 0 Å². The Kier molecular flexibility index (Phi) is 8.57. The first-order valence-electron chi connectivity index (χ1n) is 12.9. The molecule has 8 nitrogen and oxygen atoms in total. The van der Waals surface area contributed by atoms with Gasteiger partial charge in [0.25, 0.3) is 11.6 Å². The van der Waals surface area contributed by atoms with Crippen LogP contribution in [0.1, 0.15) is 55.1 Å². The number of carbonyl (C=O) groups excluding carboxylic acids is 2. The number of nitrogens with one attached hydrogen (secondary N) is 2. The van der Waals surface area contributed by atoms with Crippen molar-refractivity contribution in [2.45, 2.75) is 57.5 Å². The Bertz CT molecular complexity index is 1320. The van der Waals surface area contributed by atoms with Crippen LogP contribution in [0.4, 0.5) is 5.69 Å². The first-order valence-corrected chi connectivity index (χ1v) is 12.9. The molecule has 1 aromatic heterocycles. The lowest BCUT2D eigenvalue weighted by molar-refractivity contribution is -0.463. The molecule has 8 heteroatoms. The summed E-state index contributed by atoms with van der Waals surface area (Å²) in [6, 6.07) is 19.4. The van der Waals surface area contributed by atoms with Crippen LogP contribution in [0.5, 0.6) is 0 Å². The van der Waals surface area contributed by atoms with Crippen LogP contribution >= 0.6 is 0 Å². The van der Waals surface area contributed by atoms with E-state index in [0.717, 1.165) is 40.5 Å². The summed E-state index contributed by atoms with van der Waals surface area (Å²) in [5.41, 5.74) is 2.49. The number of rotatable bonds is 9. The molecule has 0 radical (unpaired) electrons. The Balaban J connectivity index is 1.38. The van der Waals surface area contributed by atoms with Crippen molar-refractivity contribution in [2.75, 3.05) is 6.54 Å². The summed E-state index contributed by atoms with van der Waals surface area (Å²) in [5, 5.41) is 16.5. The number of amides is 2. The van der Waals surface area contributed by atoms with E-state index >= 15 is 0 Å². The highest BCUT2D eigenvalue weighted by Crippen LogP contribution is 2.25. The Morgan fingerprint density at radius 2 is 1.84 bits per heavy atom. The third-order valence-corrected chi connectivity index (χ3v) is 6.81. The van der Waals surface area contributed by atoms with Crippen molar-refractivity contribution in [1.29, 1.82) is 5.26 Å². The highest BCUT2D eigenvalue weighted by atomic mass is 16.3. The number of nitroso groups, excluding NO2 is 1. The van der Waals surface area contributed by atoms with Gasteiger partial charge in [0.15, 0.2) is 6.54 Å². The predicted molar refractivity (Wildman–Crippen MR) is 141 cm³/mol. The van der Waals surface area contributed by atoms with Gasteiger partial charge in [0.05, 0.1) is 17.5 Å². The molecule has 1 heterocycles. The number of nitrogens with zero attached hydrogens (tertiary/aromatic N) is 3. The van der Waals surface area contributed by atoms with Crippen molar-refractivity contribution in [3.8, 4) is 6.07 Å². The molecule has 0 aliphatic heterocycles. The molecule has 37 heavy (non-hydrogen) atoms. The van der Waals surface area contributed by atoms with Crippen LogP contribution in [0.25, 0.3) is 10.9 Å². The number of hydrogen-bond donors (Lipinski definition) is 2. The maximum atomic E-state index is 13.2. The van der Waals surface area contributed by atoms with Crippen molar-refractivity contribution in [1.82, 2.24) is 15.6 Å². The minimum absolute atomic E-state index is 0.228. The van der Waals surface area contributed by atoms with Crippen LogP contribution < -0.4 is 10.6 Å². The Morgan fingerprint density at radius 1 is 1.08 bits per heavy atom. The molecule has 0 spiro atoms. The van der Waals surface area contributed by atoms with Gasteiger partial charge in [0.2, 0.25) is 5.91 Å². The summed E-state index contributed by atoms with van der Waals surface area (Å²) in [7, 11) is 0. The number of carbonyl (C=O) groups is 2. The lowest BCUT2D eigenvalue weighted by Gasteiger charge is -2.31. The van der Waals surface area contributed by atoms with E-state index in [2.05, 4.69) is 21.7 Å². The topological polar surface area (TPSA) is 115 Å². The summed E-state index contributed by atoms with van der Waals surface area (Å²) in [5.74, 6) is -0.948. The first-order chi connectivity index (χ1) is 18.0. The van der Waals surface area contributed by atoms with Gasteiger partial charge in [-0.15, -0.1) is 0 Å². The van der Waals surface area contributed by atoms with E-state index in [1.165, 1.54) is 0 Å². The van der Waals surface area contributed by atoms with Gasteiger partial charge < -0.3 is 10.6 Å². The second-order valence-electron chi connectivity index (χ2n) is 9.52. The molecule has 0 bridgehead atoms. The Labute approximate surface area is 216 Å². The molecular weight excluding hydrogens is 466 g/mol. The van der Waals surface area contributed by atoms with Gasteiger partial charge in [-0.05, 0) is 30.5 Å². The fourth-order valence-corrected chi connectivity index (χ4v) is 4.83. The minimum Gasteiger partial charge on any atom is -0.347 e. The maximum Gasteiger partial charge on any atom is 0.270 e. The molecule has 2 unspecified atom stereocenters. The third kappa shape index (κ3) is 6.56. The minimum atomic E-state index is -0.710. The zero-order chi connectivity index (χ0) is 26.2. The summed E-state index contributed by atoms with van der Waals surface area (Å²) >= 11 is 0. The molecule has 2 N–H and O–H groups in total. The number of hydrogen-bond acceptors (Lipinski definition) is 5. The molecule has 2 aromatic carbocycles. The molecule has 2 amide bonds. The summed E-state index contributed by atoms with van der Waals surface area (Å²) in [6.07, 6.45) is 4.24. The highest BCUT2D eigenvalue weighted by Gasteiger charge is 2.33. The maximum absolute atomic E-state index is 13.2. The van der Waals surface area contributed by atoms with Gasteiger partial charge in [0, 0.05) is 46.1 Å². The molecule has 1 saturated carbocycles. The van der Waals surface area contributed by atoms with Crippen LogP contribution in [-0.2, 0) is 11.2 Å². The van der Waals surface area contributed by atoms with Crippen LogP contribution in [0, 0.1) is 22.2 Å². The lowest BCUT2D eigenvalue weighted by atomic mass is 9.83. The molecule has 3 atom stereocenters. The van der Waals surface area contributed by atoms with Crippen molar-refractivity contribution in [3.05, 3.63) is 76.8 Å². The highest BCUT2D eigenvalue weighted by molar-refractivity contribution is 5.95. The van der Waals surface area contributed by atoms with E-state index in [1.807, 2.05) is 49.4 Å². The smallest absolute Gasteiger partial charge is 0.270 e. The number of aromatic nitrogens is 1. The van der Waals surface area contributed by atoms with Crippen LogP contribution in [-0.4, -0.2) is 40.2 Å². The third-order valence-electron chi connectivity index (χ3n) is 6.81. The normalized spacial score (nSPS) is 17.9. The zero-order valence-corrected chi connectivity index (χ0v) is 21.0. The zero-order valence-electron chi connectivity index (χ0n) is 21.0. The number of para-hydroxylation sites is 1. The summed E-state index contributed by atoms with van der Waals surface area (Å²) < 4.78 is 0.943. The molecule has 4 rings (SSSR count). The van der Waals surface area contributed by atoms with E-state index in [4.69, 9.17) is 0 Å². The average Bonchev–Trinajstić information content (AvgIpc) is 2.93. The Hall–Kier alpha value is -4.12. The standard InChI is InChI=1S/C29H31N5O3/c1-2-17-34(37)23-14-11-20(12-15-23)18-22(19-30)31-28(35)24-8-4-6-10-26(24)33-29(36)27-16-13-21-7-3-5-9-25(21)32-27/h3,5,7,9,11-16,22,24,26H,2,4,6,8,10,17-18H2,1H3,(H-,31,33,35,36)/p+1/t22-,24?,26?/m0/s1. The SMILES string of the molecule is CCC[N+](=O)c1ccc(C[C@@H](C#N)NC(=O)C2CCCCC2NC(=O)c2ccc3ccccc3n2)cc1. The molecule has 1 aliphatic rings. The summed E-state index contributed by atoms with van der Waals surface area (Å²) in [4.78, 5) is 42.6. The van der Waals surface area contributed by atoms with Gasteiger partial charge in [-0.25, -0.2) is 4.98 Å². The van der Waals surface area contributed by atoms with Gasteiger partial charge in [-0.3, -0.25) is 9.59 Å². The number of pyridine rings is 1. The van der Waals surface area contributed by atoms with E-state index < -0.39 is 12.0 Å². The second kappa shape index (κ2) is 12.2. The molecule has 3 aromatic rings. The van der Waals surface area contributed by atoms with Crippen LogP contribution in [0.15, 0.2) is 60.7 Å². The number of benzene rings is 2. The largest absolute Gasteiger partial charge is 0.347 e. The van der Waals surface area contributed by atoms with Crippen molar-refractivity contribution < 1.29 is 14.3 Å². The molecule has 190 valence electrons. The van der Waals surface area contributed by atoms with Crippen LogP contribution in [0.3, 0.4) is 0 Å². The van der Waals surface area contributed by atoms with Gasteiger partial charge in [-0.2, -0.15) is 5.26 Å². The predicted octanol–water partition coefficient (Wildman–Crippen LogP) is 4.59. The van der Waals surface area contributed by atoms with Gasteiger partial charge in [0.1, 0.15) is 11.7 Å². The molecular formula is C29H32N5O3+. The van der Waals surface area contributed by atoms with E-state index in [1.54, 1.807) is 18.2 Å². The van der Waals surface area contributed by atoms with Crippen molar-refractivity contribution >= 4 is 28.4 Å². The number of fused-ring (bicyclic) bond motifs is 1. The summed E-state index contributed by atoms with van der Waals surface area (Å²) in [6.45, 7) is 2.37. The number of nitriles is 1. The monoisotopic (exact) mass is 498 g/mol. The average molecular weight is 499 g/mol. The molecule has 0 saturated heterocycles. The van der Waals surface area contributed by atoms with Gasteiger partial charge in [-0.1, -0.05) is 56.2 Å². The van der Waals surface area contributed by atoms with Crippen LogP contribution in [0.2, 0.25) is 0 Å². The fraction of sp³-hybridized carbons (Fsp3) is 0.379. The first kappa shape index (κ1) is 26.0. The van der Waals surface area contributed by atoms with Gasteiger partial charge >= 0.3 is 0 Å². The van der Waals surface area contributed by atoms with E-state index in [0.29, 0.717) is 37.2 Å². The fourth-order valence-electron chi connectivity index (χ4n) is 4.83. The lowest BCUT2D eigenvalue weighted by Crippen LogP contribution is -2.50. The molecule has 1 fully saturated rings. The molecule has 1 aliphatic carbocycles. The van der Waals surface area contributed by atoms with E-state index in [-0.39, 0.29) is 17.9 Å². The second-order valence-corrected chi connectivity index (χ2v) is 9.52. The Morgan fingerprint density at radius 3 is 2.59 bits per heavy atom. The van der Waals surface area contributed by atoms with Crippen molar-refractivity contribution in [2.24, 2.45) is 5.92 Å².